The van der Waals surface area contributed by atoms with Crippen LogP contribution >= 0.6 is 0 Å². The van der Waals surface area contributed by atoms with Gasteiger partial charge in [0.15, 0.2) is 5.69 Å². The molecule has 264 valence electrons. The van der Waals surface area contributed by atoms with Crippen molar-refractivity contribution in [2.45, 2.75) is 72.4 Å². The molecule has 0 aliphatic carbocycles. The monoisotopic (exact) mass is 702 g/mol. The van der Waals surface area contributed by atoms with Crippen molar-refractivity contribution in [2.24, 2.45) is 0 Å². The van der Waals surface area contributed by atoms with Crippen molar-refractivity contribution in [3.8, 4) is 16.9 Å². The van der Waals surface area contributed by atoms with E-state index in [-0.39, 0.29) is 34.1 Å². The van der Waals surface area contributed by atoms with E-state index in [2.05, 4.69) is 30.1 Å². The molecule has 2 N–H and O–H groups in total. The Kier molecular flexibility index (Phi) is 11.5. The van der Waals surface area contributed by atoms with Crippen molar-refractivity contribution >= 4 is 32.4 Å². The van der Waals surface area contributed by atoms with Crippen molar-refractivity contribution in [1.29, 1.82) is 0 Å². The average molecular weight is 703 g/mol. The summed E-state index contributed by atoms with van der Waals surface area (Å²) in [7, 11) is 0.111. The molecule has 3 aromatic carbocycles. The maximum absolute atomic E-state index is 14.7. The summed E-state index contributed by atoms with van der Waals surface area (Å²) in [5.41, 5.74) is 6.78. The largest absolute Gasteiger partial charge is 0.408 e. The topological polar surface area (TPSA) is 117 Å². The predicted octanol–water partition coefficient (Wildman–Crippen LogP) is 6.10. The first-order valence-electron chi connectivity index (χ1n) is 17.9. The molecule has 0 saturated carbocycles. The second kappa shape index (κ2) is 16.3. The van der Waals surface area contributed by atoms with Gasteiger partial charge in [0.05, 0.1) is 23.9 Å². The standard InChI is InChI=1S/C40H46N6O4Si/c1-5-7-20-44(21-8-6-2)40(49)35-22-27(3)46(41-35)36-19-18-32(43-51-38-28(4)50-42-37(38)29-14-10-9-11-15-29)24-34(36)39(48)45-25-31-17-13-12-16-30(31)23-33(45)26-47/h9-19,22,24,33,43,47H,5-8,20-21,23,25-26H2,1-4H3/t33-/m0/s1. The lowest BCUT2D eigenvalue weighted by atomic mass is 9.93. The van der Waals surface area contributed by atoms with Crippen LogP contribution < -0.4 is 10.2 Å². The highest BCUT2D eigenvalue weighted by Crippen LogP contribution is 2.29. The highest BCUT2D eigenvalue weighted by Gasteiger charge is 2.32. The number of aromatic nitrogens is 3. The molecule has 6 rings (SSSR count). The number of aliphatic hydroxyl groups excluding tert-OH is 1. The van der Waals surface area contributed by atoms with Crippen LogP contribution in [0.2, 0.25) is 0 Å². The minimum absolute atomic E-state index is 0.0996. The van der Waals surface area contributed by atoms with Crippen molar-refractivity contribution in [2.75, 3.05) is 24.7 Å². The Morgan fingerprint density at radius 2 is 1.67 bits per heavy atom. The van der Waals surface area contributed by atoms with Crippen molar-refractivity contribution in [1.82, 2.24) is 24.7 Å². The highest BCUT2D eigenvalue weighted by molar-refractivity contribution is 6.59. The number of nitrogens with one attached hydrogen (secondary N) is 1. The van der Waals surface area contributed by atoms with Crippen LogP contribution in [-0.2, 0) is 13.0 Å². The molecule has 11 heteroatoms. The molecule has 2 amide bonds. The SMILES string of the molecule is CCCCN(CCCC)C(=O)c1cc(C)n(-c2ccc(N[Si]c3c(-c4ccccc4)noc3C)cc2C(=O)N2Cc3ccccc3C[C@H]2CO)n1. The molecule has 0 bridgehead atoms. The number of aliphatic hydroxyl groups is 1. The van der Waals surface area contributed by atoms with Crippen molar-refractivity contribution < 1.29 is 19.2 Å². The van der Waals surface area contributed by atoms with Crippen LogP contribution in [0.15, 0.2) is 83.4 Å². The average Bonchev–Trinajstić information content (AvgIpc) is 3.74. The number of benzene rings is 3. The number of carbonyl (C=O) groups excluding carboxylic acids is 2. The number of carbonyl (C=O) groups is 2. The van der Waals surface area contributed by atoms with Crippen LogP contribution in [0.3, 0.4) is 0 Å². The van der Waals surface area contributed by atoms with Gasteiger partial charge in [-0.3, -0.25) is 9.59 Å². The first-order valence-corrected chi connectivity index (χ1v) is 18.9. The molecule has 3 heterocycles. The molecular weight excluding hydrogens is 657 g/mol. The molecule has 0 fully saturated rings. The van der Waals surface area contributed by atoms with Crippen LogP contribution in [-0.4, -0.2) is 77.1 Å². The van der Waals surface area contributed by atoms with Gasteiger partial charge in [-0.1, -0.05) is 86.4 Å². The number of fused-ring (bicyclic) bond motifs is 1. The summed E-state index contributed by atoms with van der Waals surface area (Å²) in [6.07, 6.45) is 4.41. The zero-order chi connectivity index (χ0) is 35.9. The number of hydrogen-bond donors (Lipinski definition) is 2. The fourth-order valence-electron chi connectivity index (χ4n) is 6.56. The number of hydrogen-bond acceptors (Lipinski definition) is 7. The molecule has 0 spiro atoms. The Morgan fingerprint density at radius 3 is 2.37 bits per heavy atom. The van der Waals surface area contributed by atoms with Gasteiger partial charge in [-0.25, -0.2) is 4.68 Å². The lowest BCUT2D eigenvalue weighted by Crippen LogP contribution is -2.46. The third-order valence-corrected chi connectivity index (χ3v) is 10.7. The van der Waals surface area contributed by atoms with E-state index in [9.17, 15) is 14.7 Å². The maximum atomic E-state index is 14.7. The van der Waals surface area contributed by atoms with E-state index < -0.39 is 0 Å². The van der Waals surface area contributed by atoms with E-state index in [1.807, 2.05) is 91.5 Å². The lowest BCUT2D eigenvalue weighted by molar-refractivity contribution is 0.0544. The number of rotatable bonds is 14. The number of anilines is 1. The second-order valence-electron chi connectivity index (χ2n) is 13.1. The van der Waals surface area contributed by atoms with Crippen molar-refractivity contribution in [3.05, 3.63) is 113 Å². The molecule has 0 unspecified atom stereocenters. The third kappa shape index (κ3) is 7.84. The third-order valence-electron chi connectivity index (χ3n) is 9.48. The normalized spacial score (nSPS) is 14.0. The van der Waals surface area contributed by atoms with Gasteiger partial charge in [-0.05, 0) is 68.5 Å². The quantitative estimate of drug-likeness (QED) is 0.134. The first kappa shape index (κ1) is 35.8. The number of amides is 2. The fourth-order valence-corrected chi connectivity index (χ4v) is 7.51. The van der Waals surface area contributed by atoms with E-state index in [0.29, 0.717) is 43.0 Å². The fraction of sp³-hybridized carbons (Fsp3) is 0.350. The summed E-state index contributed by atoms with van der Waals surface area (Å²) in [5.74, 6) is 0.408. The van der Waals surface area contributed by atoms with E-state index in [1.165, 1.54) is 0 Å². The molecule has 2 aromatic heterocycles. The smallest absolute Gasteiger partial charge is 0.274 e. The summed E-state index contributed by atoms with van der Waals surface area (Å²) >= 11 is 0. The van der Waals surface area contributed by atoms with Gasteiger partial charge in [0, 0.05) is 41.8 Å². The van der Waals surface area contributed by atoms with Crippen LogP contribution in [0, 0.1) is 13.8 Å². The van der Waals surface area contributed by atoms with Crippen LogP contribution in [0.5, 0.6) is 0 Å². The summed E-state index contributed by atoms with van der Waals surface area (Å²) in [5, 5.41) is 20.6. The first-order chi connectivity index (χ1) is 24.8. The Hall–Kier alpha value is -5.00. The molecule has 10 nitrogen and oxygen atoms in total. The predicted molar refractivity (Wildman–Crippen MR) is 201 cm³/mol. The van der Waals surface area contributed by atoms with Gasteiger partial charge >= 0.3 is 0 Å². The number of nitrogens with zero attached hydrogens (tertiary/aromatic N) is 5. The summed E-state index contributed by atoms with van der Waals surface area (Å²) in [4.78, 5) is 35.6. The second-order valence-corrected chi connectivity index (χ2v) is 14.1. The van der Waals surface area contributed by atoms with Gasteiger partial charge in [-0.15, -0.1) is 0 Å². The zero-order valence-electron chi connectivity index (χ0n) is 29.9. The van der Waals surface area contributed by atoms with Crippen LogP contribution in [0.25, 0.3) is 16.9 Å². The summed E-state index contributed by atoms with van der Waals surface area (Å²) in [6.45, 7) is 9.63. The Balaban J connectivity index is 1.37. The molecule has 1 aliphatic heterocycles. The maximum Gasteiger partial charge on any atom is 0.274 e. The molecule has 5 aromatic rings. The minimum Gasteiger partial charge on any atom is -0.408 e. The molecule has 0 saturated heterocycles. The minimum atomic E-state index is -0.381. The van der Waals surface area contributed by atoms with Gasteiger partial charge in [0.25, 0.3) is 11.8 Å². The van der Waals surface area contributed by atoms with E-state index in [4.69, 9.17) is 9.62 Å². The number of aryl methyl sites for hydroxylation is 2. The molecular formula is C40H46N6O4Si. The van der Waals surface area contributed by atoms with Crippen LogP contribution in [0.4, 0.5) is 5.69 Å². The van der Waals surface area contributed by atoms with Crippen LogP contribution in [0.1, 0.15) is 83.0 Å². The van der Waals surface area contributed by atoms with Crippen molar-refractivity contribution in [3.63, 3.8) is 0 Å². The molecule has 51 heavy (non-hydrogen) atoms. The van der Waals surface area contributed by atoms with Gasteiger partial charge < -0.3 is 24.4 Å². The molecule has 1 aliphatic rings. The Morgan fingerprint density at radius 1 is 0.961 bits per heavy atom. The summed E-state index contributed by atoms with van der Waals surface area (Å²) < 4.78 is 7.30. The number of unbranched alkanes of at least 4 members (excludes halogenated alkanes) is 2. The van der Waals surface area contributed by atoms with Gasteiger partial charge in [0.1, 0.15) is 11.5 Å². The summed E-state index contributed by atoms with van der Waals surface area (Å²) in [6, 6.07) is 25.1. The Labute approximate surface area is 302 Å². The van der Waals surface area contributed by atoms with E-state index in [0.717, 1.165) is 70.4 Å². The van der Waals surface area contributed by atoms with E-state index in [1.54, 1.807) is 9.58 Å². The van der Waals surface area contributed by atoms with Gasteiger partial charge in [0.2, 0.25) is 9.68 Å². The van der Waals surface area contributed by atoms with Gasteiger partial charge in [-0.2, -0.15) is 5.10 Å². The Bertz CT molecular complexity index is 1960. The zero-order valence-corrected chi connectivity index (χ0v) is 30.9. The lowest BCUT2D eigenvalue weighted by Gasteiger charge is -2.36. The van der Waals surface area contributed by atoms with E-state index >= 15 is 0 Å². The molecule has 1 atom stereocenters. The molecule has 2 radical (unpaired) electrons. The highest BCUT2D eigenvalue weighted by atomic mass is 28.2.